The van der Waals surface area contributed by atoms with Gasteiger partial charge in [-0.25, -0.2) is 0 Å². The molecule has 1 aromatic carbocycles. The highest BCUT2D eigenvalue weighted by molar-refractivity contribution is 6.32. The summed E-state index contributed by atoms with van der Waals surface area (Å²) in [4.78, 5) is 4.82. The summed E-state index contributed by atoms with van der Waals surface area (Å²) in [6, 6.07) is 7.75. The zero-order chi connectivity index (χ0) is 19.2. The van der Waals surface area contributed by atoms with Gasteiger partial charge in [0.2, 0.25) is 11.8 Å². The second kappa shape index (κ2) is 9.53. The topological polar surface area (TPSA) is 54.6 Å². The van der Waals surface area contributed by atoms with Gasteiger partial charge in [0.05, 0.1) is 11.1 Å². The van der Waals surface area contributed by atoms with Gasteiger partial charge >= 0.3 is 0 Å². The van der Waals surface area contributed by atoms with Gasteiger partial charge in [-0.15, -0.1) is 10.2 Å². The first-order valence-corrected chi connectivity index (χ1v) is 10.1. The number of hydrogen-bond acceptors (Lipinski definition) is 6. The molecule has 0 radical (unpaired) electrons. The number of rotatable bonds is 8. The van der Waals surface area contributed by atoms with Crippen LogP contribution in [0.4, 0.5) is 0 Å². The third-order valence-corrected chi connectivity index (χ3v) is 5.19. The van der Waals surface area contributed by atoms with Gasteiger partial charge in [0, 0.05) is 39.1 Å². The highest BCUT2D eigenvalue weighted by Crippen LogP contribution is 2.23. The average molecular weight is 393 g/mol. The molecule has 1 aromatic heterocycles. The number of piperazine rings is 1. The Bertz CT molecular complexity index is 714. The van der Waals surface area contributed by atoms with Crippen LogP contribution in [0.15, 0.2) is 28.7 Å². The summed E-state index contributed by atoms with van der Waals surface area (Å²) >= 11 is 6.12. The van der Waals surface area contributed by atoms with Crippen molar-refractivity contribution in [2.24, 2.45) is 5.92 Å². The Kier molecular flexibility index (Phi) is 7.10. The first-order valence-electron chi connectivity index (χ1n) is 9.69. The van der Waals surface area contributed by atoms with Crippen LogP contribution >= 0.6 is 11.6 Å². The minimum absolute atomic E-state index is 0.153. The van der Waals surface area contributed by atoms with E-state index in [4.69, 9.17) is 20.8 Å². The Hall–Kier alpha value is -1.63. The van der Waals surface area contributed by atoms with E-state index in [2.05, 4.69) is 40.8 Å². The molecule has 1 fully saturated rings. The van der Waals surface area contributed by atoms with Crippen LogP contribution < -0.4 is 4.74 Å². The van der Waals surface area contributed by atoms with Gasteiger partial charge in [-0.2, -0.15) is 0 Å². The van der Waals surface area contributed by atoms with Crippen LogP contribution in [0, 0.1) is 5.92 Å². The molecule has 27 heavy (non-hydrogen) atoms. The molecule has 6 nitrogen and oxygen atoms in total. The summed E-state index contributed by atoms with van der Waals surface area (Å²) in [5.74, 6) is 2.73. The standard InChI is InChI=1S/C20H29ClN4O2/c1-15(2)14-19-22-23-20(27-19)16(3)25-10-8-24(9-11-25)12-13-26-18-7-5-4-6-17(18)21/h4-7,15-16H,8-14H2,1-3H3. The van der Waals surface area contributed by atoms with Gasteiger partial charge in [-0.3, -0.25) is 9.80 Å². The van der Waals surface area contributed by atoms with Crippen molar-refractivity contribution in [1.82, 2.24) is 20.0 Å². The first kappa shape index (κ1) is 20.1. The second-order valence-corrected chi connectivity index (χ2v) is 7.87. The normalized spacial score (nSPS) is 17.4. The number of halogens is 1. The minimum atomic E-state index is 0.153. The van der Waals surface area contributed by atoms with Gasteiger partial charge < -0.3 is 9.15 Å². The molecule has 7 heteroatoms. The van der Waals surface area contributed by atoms with E-state index >= 15 is 0 Å². The number of aromatic nitrogens is 2. The third kappa shape index (κ3) is 5.67. The molecule has 1 aliphatic rings. The summed E-state index contributed by atoms with van der Waals surface area (Å²) in [6.07, 6.45) is 0.832. The highest BCUT2D eigenvalue weighted by Gasteiger charge is 2.25. The molecule has 148 valence electrons. The number of ether oxygens (including phenoxy) is 1. The second-order valence-electron chi connectivity index (χ2n) is 7.46. The first-order chi connectivity index (χ1) is 13.0. The van der Waals surface area contributed by atoms with Gasteiger partial charge in [0.15, 0.2) is 0 Å². The molecule has 0 saturated carbocycles. The summed E-state index contributed by atoms with van der Waals surface area (Å²) in [5.41, 5.74) is 0. The fourth-order valence-corrected chi connectivity index (χ4v) is 3.43. The summed E-state index contributed by atoms with van der Waals surface area (Å²) < 4.78 is 11.6. The van der Waals surface area contributed by atoms with Crippen LogP contribution in [0.25, 0.3) is 0 Å². The van der Waals surface area contributed by atoms with Crippen LogP contribution in [-0.4, -0.2) is 59.3 Å². The molecule has 2 heterocycles. The molecule has 1 aliphatic heterocycles. The molecule has 0 spiro atoms. The summed E-state index contributed by atoms with van der Waals surface area (Å²) in [5, 5.41) is 9.09. The van der Waals surface area contributed by atoms with Crippen molar-refractivity contribution in [2.45, 2.75) is 33.2 Å². The van der Waals surface area contributed by atoms with E-state index in [0.29, 0.717) is 17.5 Å². The number of benzene rings is 1. The Morgan fingerprint density at radius 3 is 2.56 bits per heavy atom. The molecule has 0 bridgehead atoms. The van der Waals surface area contributed by atoms with Crippen molar-refractivity contribution >= 4 is 11.6 Å². The van der Waals surface area contributed by atoms with E-state index in [9.17, 15) is 0 Å². The monoisotopic (exact) mass is 392 g/mol. The zero-order valence-electron chi connectivity index (χ0n) is 16.4. The van der Waals surface area contributed by atoms with Crippen LogP contribution in [0.2, 0.25) is 5.02 Å². The maximum atomic E-state index is 6.12. The highest BCUT2D eigenvalue weighted by atomic mass is 35.5. The van der Waals surface area contributed by atoms with Crippen molar-refractivity contribution in [3.63, 3.8) is 0 Å². The van der Waals surface area contributed by atoms with Crippen molar-refractivity contribution in [2.75, 3.05) is 39.3 Å². The smallest absolute Gasteiger partial charge is 0.233 e. The van der Waals surface area contributed by atoms with Crippen molar-refractivity contribution in [3.8, 4) is 5.75 Å². The van der Waals surface area contributed by atoms with Gasteiger partial charge in [-0.05, 0) is 25.0 Å². The Morgan fingerprint density at radius 2 is 1.85 bits per heavy atom. The van der Waals surface area contributed by atoms with Gasteiger partial charge in [-0.1, -0.05) is 37.6 Å². The van der Waals surface area contributed by atoms with Gasteiger partial charge in [0.1, 0.15) is 12.4 Å². The van der Waals surface area contributed by atoms with E-state index in [1.54, 1.807) is 0 Å². The summed E-state index contributed by atoms with van der Waals surface area (Å²) in [7, 11) is 0. The van der Waals surface area contributed by atoms with E-state index in [0.717, 1.165) is 56.7 Å². The lowest BCUT2D eigenvalue weighted by Gasteiger charge is -2.36. The van der Waals surface area contributed by atoms with Gasteiger partial charge in [0.25, 0.3) is 0 Å². The molecule has 2 aromatic rings. The third-order valence-electron chi connectivity index (χ3n) is 4.88. The van der Waals surface area contributed by atoms with Crippen molar-refractivity contribution in [1.29, 1.82) is 0 Å². The van der Waals surface area contributed by atoms with Crippen LogP contribution in [0.3, 0.4) is 0 Å². The maximum Gasteiger partial charge on any atom is 0.233 e. The lowest BCUT2D eigenvalue weighted by molar-refractivity contribution is 0.0820. The van der Waals surface area contributed by atoms with Crippen LogP contribution in [0.1, 0.15) is 38.6 Å². The summed E-state index contributed by atoms with van der Waals surface area (Å²) in [6.45, 7) is 12.0. The Balaban J connectivity index is 1.41. The van der Waals surface area contributed by atoms with E-state index < -0.39 is 0 Å². The van der Waals surface area contributed by atoms with E-state index in [1.165, 1.54) is 0 Å². The molecule has 1 atom stereocenters. The molecule has 1 unspecified atom stereocenters. The SMILES string of the molecule is CC(C)Cc1nnc(C(C)N2CCN(CCOc3ccccc3Cl)CC2)o1. The molecule has 1 saturated heterocycles. The number of nitrogens with zero attached hydrogens (tertiary/aromatic N) is 4. The predicted molar refractivity (Wildman–Crippen MR) is 106 cm³/mol. The Morgan fingerprint density at radius 1 is 1.11 bits per heavy atom. The molecular weight excluding hydrogens is 364 g/mol. The molecule has 0 N–H and O–H groups in total. The van der Waals surface area contributed by atoms with Crippen LogP contribution in [0.5, 0.6) is 5.75 Å². The Labute approximate surface area is 166 Å². The quantitative estimate of drug-likeness (QED) is 0.683. The lowest BCUT2D eigenvalue weighted by atomic mass is 10.1. The number of para-hydroxylation sites is 1. The average Bonchev–Trinajstić information content (AvgIpc) is 3.11. The maximum absolute atomic E-state index is 6.12. The molecule has 0 amide bonds. The van der Waals surface area contributed by atoms with E-state index in [-0.39, 0.29) is 6.04 Å². The van der Waals surface area contributed by atoms with E-state index in [1.807, 2.05) is 24.3 Å². The molecule has 0 aliphatic carbocycles. The fraction of sp³-hybridized carbons (Fsp3) is 0.600. The largest absolute Gasteiger partial charge is 0.491 e. The molecule has 3 rings (SSSR count). The number of hydrogen-bond donors (Lipinski definition) is 0. The fourth-order valence-electron chi connectivity index (χ4n) is 3.24. The van der Waals surface area contributed by atoms with Crippen molar-refractivity contribution in [3.05, 3.63) is 41.1 Å². The zero-order valence-corrected chi connectivity index (χ0v) is 17.2. The van der Waals surface area contributed by atoms with Crippen LogP contribution in [-0.2, 0) is 6.42 Å². The lowest BCUT2D eigenvalue weighted by Crippen LogP contribution is -2.48. The predicted octanol–water partition coefficient (Wildman–Crippen LogP) is 3.68. The minimum Gasteiger partial charge on any atom is -0.491 e. The van der Waals surface area contributed by atoms with Crippen molar-refractivity contribution < 1.29 is 9.15 Å². The molecular formula is C20H29ClN4O2.